The van der Waals surface area contributed by atoms with Crippen molar-refractivity contribution in [3.63, 3.8) is 0 Å². The highest BCUT2D eigenvalue weighted by atomic mass is 16.4. The quantitative estimate of drug-likeness (QED) is 0.724. The number of anilines is 1. The molecule has 4 nitrogen and oxygen atoms in total. The summed E-state index contributed by atoms with van der Waals surface area (Å²) in [5.74, 6) is -0.949. The van der Waals surface area contributed by atoms with Gasteiger partial charge in [-0.25, -0.2) is 4.79 Å². The summed E-state index contributed by atoms with van der Waals surface area (Å²) in [5.41, 5.74) is 0.525. The number of para-hydroxylation sites is 1. The lowest BCUT2D eigenvalue weighted by Gasteiger charge is -2.42. The molecule has 0 aliphatic heterocycles. The largest absolute Gasteiger partial charge is 0.478 e. The van der Waals surface area contributed by atoms with E-state index in [0.29, 0.717) is 5.69 Å². The normalized spacial score (nSPS) is 17.6. The lowest BCUT2D eigenvalue weighted by Crippen LogP contribution is -2.48. The number of rotatable bonds is 4. The maximum atomic E-state index is 11.0. The van der Waals surface area contributed by atoms with Gasteiger partial charge in [-0.15, -0.1) is 0 Å². The van der Waals surface area contributed by atoms with Gasteiger partial charge in [0.15, 0.2) is 0 Å². The maximum Gasteiger partial charge on any atom is 0.337 e. The van der Waals surface area contributed by atoms with Crippen molar-refractivity contribution < 1.29 is 15.0 Å². The first-order valence-corrected chi connectivity index (χ1v) is 5.38. The third-order valence-electron chi connectivity index (χ3n) is 3.17. The Morgan fingerprint density at radius 2 is 2.06 bits per heavy atom. The smallest absolute Gasteiger partial charge is 0.337 e. The number of nitrogens with one attached hydrogen (secondary N) is 1. The SMILES string of the molecule is O=C(O)c1ccccc1NC1(CO)CCC1. The molecule has 0 bridgehead atoms. The average molecular weight is 221 g/mol. The average Bonchev–Trinajstić information content (AvgIpc) is 2.24. The van der Waals surface area contributed by atoms with E-state index in [4.69, 9.17) is 5.11 Å². The van der Waals surface area contributed by atoms with Crippen LogP contribution in [0.1, 0.15) is 29.6 Å². The molecule has 0 spiro atoms. The van der Waals surface area contributed by atoms with Crippen LogP contribution in [0.2, 0.25) is 0 Å². The Balaban J connectivity index is 2.23. The number of aliphatic hydroxyl groups excluding tert-OH is 1. The zero-order valence-corrected chi connectivity index (χ0v) is 8.94. The Labute approximate surface area is 93.9 Å². The van der Waals surface area contributed by atoms with Gasteiger partial charge in [0, 0.05) is 5.69 Å². The topological polar surface area (TPSA) is 69.6 Å². The first kappa shape index (κ1) is 11.0. The van der Waals surface area contributed by atoms with Gasteiger partial charge in [0.1, 0.15) is 0 Å². The Morgan fingerprint density at radius 3 is 2.56 bits per heavy atom. The lowest BCUT2D eigenvalue weighted by molar-refractivity contribution is 0.0697. The monoisotopic (exact) mass is 221 g/mol. The van der Waals surface area contributed by atoms with Gasteiger partial charge >= 0.3 is 5.97 Å². The third kappa shape index (κ3) is 1.88. The van der Waals surface area contributed by atoms with Crippen LogP contribution in [0, 0.1) is 0 Å². The van der Waals surface area contributed by atoms with Crippen molar-refractivity contribution in [3.05, 3.63) is 29.8 Å². The minimum absolute atomic E-state index is 0.0426. The molecule has 16 heavy (non-hydrogen) atoms. The lowest BCUT2D eigenvalue weighted by atomic mass is 9.77. The minimum atomic E-state index is -0.949. The molecule has 1 aromatic rings. The van der Waals surface area contributed by atoms with Crippen molar-refractivity contribution in [3.8, 4) is 0 Å². The summed E-state index contributed by atoms with van der Waals surface area (Å²) in [4.78, 5) is 11.0. The van der Waals surface area contributed by atoms with Crippen LogP contribution in [0.25, 0.3) is 0 Å². The number of aliphatic hydroxyl groups is 1. The molecule has 1 saturated carbocycles. The molecule has 2 rings (SSSR count). The molecule has 86 valence electrons. The van der Waals surface area contributed by atoms with Crippen molar-refractivity contribution >= 4 is 11.7 Å². The summed E-state index contributed by atoms with van der Waals surface area (Å²) in [6.45, 7) is 0.0426. The highest BCUT2D eigenvalue weighted by molar-refractivity contribution is 5.94. The molecule has 0 heterocycles. The first-order valence-electron chi connectivity index (χ1n) is 5.38. The number of aromatic carboxylic acids is 1. The molecule has 0 amide bonds. The number of hydrogen-bond acceptors (Lipinski definition) is 3. The number of carboxylic acid groups (broad SMARTS) is 1. The van der Waals surface area contributed by atoms with E-state index in [2.05, 4.69) is 5.32 Å². The van der Waals surface area contributed by atoms with E-state index in [-0.39, 0.29) is 17.7 Å². The van der Waals surface area contributed by atoms with Crippen LogP contribution in [-0.4, -0.2) is 28.3 Å². The second-order valence-electron chi connectivity index (χ2n) is 4.27. The van der Waals surface area contributed by atoms with E-state index >= 15 is 0 Å². The van der Waals surface area contributed by atoms with Gasteiger partial charge in [0.2, 0.25) is 0 Å². The van der Waals surface area contributed by atoms with Gasteiger partial charge in [0.05, 0.1) is 17.7 Å². The molecular formula is C12H15NO3. The predicted octanol–water partition coefficient (Wildman–Crippen LogP) is 1.71. The van der Waals surface area contributed by atoms with Gasteiger partial charge in [0.25, 0.3) is 0 Å². The number of benzene rings is 1. The fraction of sp³-hybridized carbons (Fsp3) is 0.417. The molecule has 1 fully saturated rings. The summed E-state index contributed by atoms with van der Waals surface area (Å²) < 4.78 is 0. The first-order chi connectivity index (χ1) is 7.67. The fourth-order valence-corrected chi connectivity index (χ4v) is 1.99. The predicted molar refractivity (Wildman–Crippen MR) is 60.7 cm³/mol. The summed E-state index contributed by atoms with van der Waals surface area (Å²) in [5, 5.41) is 21.5. The molecule has 0 atom stereocenters. The van der Waals surface area contributed by atoms with Gasteiger partial charge in [-0.3, -0.25) is 0 Å². The van der Waals surface area contributed by atoms with E-state index in [0.717, 1.165) is 19.3 Å². The molecule has 4 heteroatoms. The van der Waals surface area contributed by atoms with Crippen molar-refractivity contribution in [2.75, 3.05) is 11.9 Å². The summed E-state index contributed by atoms with van der Waals surface area (Å²) in [6.07, 6.45) is 2.84. The molecule has 1 aliphatic carbocycles. The number of carboxylic acids is 1. The van der Waals surface area contributed by atoms with E-state index in [1.807, 2.05) is 0 Å². The van der Waals surface area contributed by atoms with Gasteiger partial charge in [-0.2, -0.15) is 0 Å². The Bertz CT molecular complexity index is 393. The highest BCUT2D eigenvalue weighted by Crippen LogP contribution is 2.35. The van der Waals surface area contributed by atoms with Gasteiger partial charge in [-0.05, 0) is 31.4 Å². The van der Waals surface area contributed by atoms with Gasteiger partial charge in [-0.1, -0.05) is 12.1 Å². The van der Waals surface area contributed by atoms with Crippen LogP contribution < -0.4 is 5.32 Å². The van der Waals surface area contributed by atoms with Crippen molar-refractivity contribution in [1.82, 2.24) is 0 Å². The van der Waals surface area contributed by atoms with Crippen molar-refractivity contribution in [2.24, 2.45) is 0 Å². The van der Waals surface area contributed by atoms with Crippen LogP contribution in [0.3, 0.4) is 0 Å². The summed E-state index contributed by atoms with van der Waals surface area (Å²) in [7, 11) is 0. The Hall–Kier alpha value is -1.55. The summed E-state index contributed by atoms with van der Waals surface area (Å²) in [6, 6.07) is 6.78. The van der Waals surface area contributed by atoms with E-state index < -0.39 is 5.97 Å². The molecule has 0 saturated heterocycles. The van der Waals surface area contributed by atoms with Crippen LogP contribution in [0.5, 0.6) is 0 Å². The summed E-state index contributed by atoms with van der Waals surface area (Å²) >= 11 is 0. The second-order valence-corrected chi connectivity index (χ2v) is 4.27. The van der Waals surface area contributed by atoms with Crippen molar-refractivity contribution in [2.45, 2.75) is 24.8 Å². The van der Waals surface area contributed by atoms with Gasteiger partial charge < -0.3 is 15.5 Å². The molecule has 1 aliphatic rings. The zero-order valence-electron chi connectivity index (χ0n) is 8.94. The van der Waals surface area contributed by atoms with Crippen molar-refractivity contribution in [1.29, 1.82) is 0 Å². The van der Waals surface area contributed by atoms with Crippen LogP contribution in [0.4, 0.5) is 5.69 Å². The standard InChI is InChI=1S/C12H15NO3/c14-8-12(6-3-7-12)13-10-5-2-1-4-9(10)11(15)16/h1-2,4-5,13-14H,3,6-8H2,(H,15,16). The molecule has 3 N–H and O–H groups in total. The zero-order chi connectivity index (χ0) is 11.6. The van der Waals surface area contributed by atoms with E-state index in [9.17, 15) is 9.90 Å². The maximum absolute atomic E-state index is 11.0. The van der Waals surface area contributed by atoms with E-state index in [1.54, 1.807) is 24.3 Å². The molecular weight excluding hydrogens is 206 g/mol. The third-order valence-corrected chi connectivity index (χ3v) is 3.17. The second kappa shape index (κ2) is 4.14. The Morgan fingerprint density at radius 1 is 1.38 bits per heavy atom. The fourth-order valence-electron chi connectivity index (χ4n) is 1.99. The number of hydrogen-bond donors (Lipinski definition) is 3. The molecule has 1 aromatic carbocycles. The molecule has 0 radical (unpaired) electrons. The molecule has 0 unspecified atom stereocenters. The highest BCUT2D eigenvalue weighted by Gasteiger charge is 2.36. The molecule has 0 aromatic heterocycles. The Kier molecular flexibility index (Phi) is 2.83. The number of carbonyl (C=O) groups is 1. The van der Waals surface area contributed by atoms with Crippen LogP contribution in [-0.2, 0) is 0 Å². The van der Waals surface area contributed by atoms with E-state index in [1.165, 1.54) is 0 Å². The van der Waals surface area contributed by atoms with Crippen LogP contribution >= 0.6 is 0 Å². The van der Waals surface area contributed by atoms with Crippen LogP contribution in [0.15, 0.2) is 24.3 Å². The minimum Gasteiger partial charge on any atom is -0.478 e.